The van der Waals surface area contributed by atoms with Gasteiger partial charge in [-0.05, 0) is 60.5 Å². The van der Waals surface area contributed by atoms with E-state index in [1.165, 1.54) is 28.0 Å². The minimum atomic E-state index is -0.689. The molecule has 39 heavy (non-hydrogen) atoms. The average Bonchev–Trinajstić information content (AvgIpc) is 3.48. The predicted molar refractivity (Wildman–Crippen MR) is 150 cm³/mol. The maximum Gasteiger partial charge on any atom is 0.338 e. The number of esters is 1. The monoisotopic (exact) mass is 607 g/mol. The number of nitro groups is 1. The summed E-state index contributed by atoms with van der Waals surface area (Å²) in [6, 6.07) is 14.8. The van der Waals surface area contributed by atoms with Crippen molar-refractivity contribution in [2.75, 3.05) is 6.61 Å². The van der Waals surface area contributed by atoms with Gasteiger partial charge in [-0.3, -0.25) is 19.5 Å². The van der Waals surface area contributed by atoms with E-state index in [9.17, 15) is 19.7 Å². The Labute approximate surface area is 234 Å². The van der Waals surface area contributed by atoms with Crippen LogP contribution in [0.1, 0.15) is 36.8 Å². The molecule has 11 heteroatoms. The van der Waals surface area contributed by atoms with Gasteiger partial charge in [-0.25, -0.2) is 9.79 Å². The Morgan fingerprint density at radius 3 is 2.62 bits per heavy atom. The molecule has 0 bridgehead atoms. The van der Waals surface area contributed by atoms with E-state index in [4.69, 9.17) is 9.15 Å². The fourth-order valence-electron chi connectivity index (χ4n) is 4.38. The van der Waals surface area contributed by atoms with Crippen molar-refractivity contribution in [3.63, 3.8) is 0 Å². The zero-order chi connectivity index (χ0) is 27.8. The number of nitro benzene ring substituents is 1. The highest BCUT2D eigenvalue weighted by molar-refractivity contribution is 9.10. The summed E-state index contributed by atoms with van der Waals surface area (Å²) in [5.41, 5.74) is 2.92. The van der Waals surface area contributed by atoms with Crippen molar-refractivity contribution in [1.29, 1.82) is 0 Å². The summed E-state index contributed by atoms with van der Waals surface area (Å²) in [7, 11) is 0. The normalized spacial score (nSPS) is 15.2. The molecule has 1 aliphatic heterocycles. The van der Waals surface area contributed by atoms with Gasteiger partial charge < -0.3 is 9.15 Å². The Bertz CT molecular complexity index is 1830. The number of hydrogen-bond donors (Lipinski definition) is 0. The molecule has 5 rings (SSSR count). The lowest BCUT2D eigenvalue weighted by atomic mass is 9.95. The molecule has 0 N–H and O–H groups in total. The first-order valence-electron chi connectivity index (χ1n) is 12.0. The van der Waals surface area contributed by atoms with Crippen LogP contribution in [0.4, 0.5) is 5.69 Å². The molecule has 0 amide bonds. The molecule has 0 saturated heterocycles. The molecule has 9 nitrogen and oxygen atoms in total. The van der Waals surface area contributed by atoms with Crippen LogP contribution in [0.3, 0.4) is 0 Å². The topological polar surface area (TPSA) is 117 Å². The fraction of sp³-hybridized carbons (Fsp3) is 0.179. The molecule has 2 aromatic carbocycles. The molecule has 0 fully saturated rings. The van der Waals surface area contributed by atoms with E-state index in [1.54, 1.807) is 38.1 Å². The summed E-state index contributed by atoms with van der Waals surface area (Å²) < 4.78 is 13.7. The first-order chi connectivity index (χ1) is 18.7. The van der Waals surface area contributed by atoms with E-state index < -0.39 is 16.9 Å². The number of carbonyl (C=O) groups excluding carboxylic acids is 1. The number of allylic oxidation sites excluding steroid dienone is 1. The molecule has 0 aliphatic carbocycles. The van der Waals surface area contributed by atoms with Gasteiger partial charge in [0.15, 0.2) is 4.80 Å². The molecular formula is C28H22BrN3O6S. The van der Waals surface area contributed by atoms with Crippen LogP contribution in [0, 0.1) is 17.0 Å². The van der Waals surface area contributed by atoms with E-state index in [2.05, 4.69) is 20.9 Å². The highest BCUT2D eigenvalue weighted by Gasteiger charge is 2.33. The van der Waals surface area contributed by atoms with Gasteiger partial charge in [0, 0.05) is 28.2 Å². The van der Waals surface area contributed by atoms with Crippen LogP contribution in [0.15, 0.2) is 84.5 Å². The Kier molecular flexibility index (Phi) is 7.19. The van der Waals surface area contributed by atoms with Crippen LogP contribution >= 0.6 is 27.3 Å². The van der Waals surface area contributed by atoms with E-state index in [-0.39, 0.29) is 17.9 Å². The SMILES string of the molecule is CCOC(=O)C1=C(C)N=c2s/c(=C/c3ccc(-c4ccc([N+](=O)[O-])cc4Br)o3)c(=O)n2[C@H]1c1ccc(C)cc1. The quantitative estimate of drug-likeness (QED) is 0.172. The number of fused-ring (bicyclic) bond motifs is 1. The molecule has 4 aromatic rings. The van der Waals surface area contributed by atoms with Crippen LogP contribution in [0.25, 0.3) is 17.4 Å². The third-order valence-corrected chi connectivity index (χ3v) is 7.88. The first kappa shape index (κ1) is 26.5. The van der Waals surface area contributed by atoms with Crippen LogP contribution in [0.5, 0.6) is 0 Å². The fourth-order valence-corrected chi connectivity index (χ4v) is 5.97. The second kappa shape index (κ2) is 10.6. The zero-order valence-corrected chi connectivity index (χ0v) is 23.5. The summed E-state index contributed by atoms with van der Waals surface area (Å²) in [5.74, 6) is 0.394. The third-order valence-electron chi connectivity index (χ3n) is 6.24. The number of nitrogens with zero attached hydrogens (tertiary/aromatic N) is 3. The summed E-state index contributed by atoms with van der Waals surface area (Å²) in [6.45, 7) is 5.64. The minimum absolute atomic E-state index is 0.0425. The number of aryl methyl sites for hydroxylation is 1. The Hall–Kier alpha value is -4.09. The minimum Gasteiger partial charge on any atom is -0.463 e. The maximum absolute atomic E-state index is 13.7. The second-order valence-electron chi connectivity index (χ2n) is 8.84. The van der Waals surface area contributed by atoms with Crippen molar-refractivity contribution in [3.05, 3.63) is 117 Å². The van der Waals surface area contributed by atoms with Gasteiger partial charge in [-0.15, -0.1) is 0 Å². The largest absolute Gasteiger partial charge is 0.463 e. The molecule has 0 spiro atoms. The molecule has 3 heterocycles. The van der Waals surface area contributed by atoms with Crippen molar-refractivity contribution in [2.24, 2.45) is 4.99 Å². The van der Waals surface area contributed by atoms with Gasteiger partial charge in [0.05, 0.1) is 33.4 Å². The van der Waals surface area contributed by atoms with Crippen LogP contribution < -0.4 is 14.9 Å². The van der Waals surface area contributed by atoms with Gasteiger partial charge in [-0.2, -0.15) is 0 Å². The summed E-state index contributed by atoms with van der Waals surface area (Å²) in [5, 5.41) is 11.1. The number of ether oxygens (including phenoxy) is 1. The number of hydrogen-bond acceptors (Lipinski definition) is 8. The van der Waals surface area contributed by atoms with Crippen LogP contribution in [0.2, 0.25) is 0 Å². The molecule has 198 valence electrons. The summed E-state index contributed by atoms with van der Waals surface area (Å²) >= 11 is 4.57. The second-order valence-corrected chi connectivity index (χ2v) is 10.7. The van der Waals surface area contributed by atoms with Gasteiger partial charge >= 0.3 is 5.97 Å². The molecule has 1 aliphatic rings. The van der Waals surface area contributed by atoms with Crippen molar-refractivity contribution < 1.29 is 18.9 Å². The number of benzene rings is 2. The van der Waals surface area contributed by atoms with Crippen molar-refractivity contribution in [1.82, 2.24) is 4.57 Å². The Morgan fingerprint density at radius 1 is 1.21 bits per heavy atom. The standard InChI is InChI=1S/C28H22BrN3O6S/c1-4-37-27(34)24-16(3)30-28-31(25(24)17-7-5-15(2)6-8-17)26(33)23(39-28)14-19-10-12-22(38-19)20-11-9-18(32(35)36)13-21(20)29/h5-14,25H,4H2,1-3H3/b23-14+/t25-/m0/s1. The number of halogens is 1. The van der Waals surface area contributed by atoms with Gasteiger partial charge in [-0.1, -0.05) is 41.2 Å². The molecule has 2 aromatic heterocycles. The first-order valence-corrected chi connectivity index (χ1v) is 13.6. The summed E-state index contributed by atoms with van der Waals surface area (Å²) in [6.07, 6.45) is 1.63. The highest BCUT2D eigenvalue weighted by atomic mass is 79.9. The van der Waals surface area contributed by atoms with Gasteiger partial charge in [0.2, 0.25) is 0 Å². The number of thiazole rings is 1. The average molecular weight is 608 g/mol. The summed E-state index contributed by atoms with van der Waals surface area (Å²) in [4.78, 5) is 42.3. The predicted octanol–water partition coefficient (Wildman–Crippen LogP) is 5.04. The third kappa shape index (κ3) is 5.02. The molecule has 0 unspecified atom stereocenters. The van der Waals surface area contributed by atoms with Crippen LogP contribution in [-0.4, -0.2) is 22.1 Å². The van der Waals surface area contributed by atoms with E-state index in [0.29, 0.717) is 42.2 Å². The van der Waals surface area contributed by atoms with Crippen molar-refractivity contribution in [2.45, 2.75) is 26.8 Å². The lowest BCUT2D eigenvalue weighted by Gasteiger charge is -2.24. The Morgan fingerprint density at radius 2 is 1.95 bits per heavy atom. The highest BCUT2D eigenvalue weighted by Crippen LogP contribution is 2.33. The zero-order valence-electron chi connectivity index (χ0n) is 21.1. The lowest BCUT2D eigenvalue weighted by molar-refractivity contribution is -0.384. The van der Waals surface area contributed by atoms with Gasteiger partial charge in [0.25, 0.3) is 11.2 Å². The van der Waals surface area contributed by atoms with E-state index >= 15 is 0 Å². The van der Waals surface area contributed by atoms with E-state index in [0.717, 1.165) is 11.1 Å². The number of carbonyl (C=O) groups is 1. The number of rotatable bonds is 6. The number of furan rings is 1. The van der Waals surface area contributed by atoms with E-state index in [1.807, 2.05) is 31.2 Å². The molecular weight excluding hydrogens is 586 g/mol. The molecule has 0 radical (unpaired) electrons. The Balaban J connectivity index is 1.60. The molecule has 0 saturated carbocycles. The number of aromatic nitrogens is 1. The van der Waals surface area contributed by atoms with Crippen molar-refractivity contribution in [3.8, 4) is 11.3 Å². The van der Waals surface area contributed by atoms with Crippen LogP contribution in [-0.2, 0) is 9.53 Å². The molecule has 1 atom stereocenters. The van der Waals surface area contributed by atoms with Gasteiger partial charge in [0.1, 0.15) is 11.5 Å². The number of non-ortho nitro benzene ring substituents is 1. The van der Waals surface area contributed by atoms with Crippen molar-refractivity contribution >= 4 is 45.0 Å². The smallest absolute Gasteiger partial charge is 0.338 e. The maximum atomic E-state index is 13.7. The lowest BCUT2D eigenvalue weighted by Crippen LogP contribution is -2.39.